The number of hydrogen-bond acceptors (Lipinski definition) is 6. The Balaban J connectivity index is 2.05. The number of para-hydroxylation sites is 2. The minimum Gasteiger partial charge on any atom is -0.492 e. The van der Waals surface area contributed by atoms with Gasteiger partial charge in [0.25, 0.3) is 0 Å². The topological polar surface area (TPSA) is 62.3 Å². The molecule has 130 valence electrons. The average Bonchev–Trinajstić information content (AvgIpc) is 2.53. The van der Waals surface area contributed by atoms with Crippen LogP contribution in [0.1, 0.15) is 19.0 Å². The highest BCUT2D eigenvalue weighted by Crippen LogP contribution is 2.27. The minimum absolute atomic E-state index is 0.625. The van der Waals surface area contributed by atoms with Crippen LogP contribution in [0.5, 0.6) is 5.75 Å². The standard InChI is InChI=1S/C18H27N5O/c1-5-24-16-10-7-6-9-15(16)21-17-13-14(2)20-18(22-17)19-11-8-12-23(3)4/h6-7,9-10,13H,5,8,11-12H2,1-4H3,(H2,19,20,21,22). The summed E-state index contributed by atoms with van der Waals surface area (Å²) in [6.07, 6.45) is 1.04. The molecule has 1 heterocycles. The first-order chi connectivity index (χ1) is 11.6. The zero-order valence-electron chi connectivity index (χ0n) is 15.0. The molecular formula is C18H27N5O. The number of nitrogens with zero attached hydrogens (tertiary/aromatic N) is 3. The minimum atomic E-state index is 0.625. The van der Waals surface area contributed by atoms with Gasteiger partial charge in [-0.25, -0.2) is 4.98 Å². The van der Waals surface area contributed by atoms with Gasteiger partial charge in [0, 0.05) is 18.3 Å². The molecule has 0 saturated heterocycles. The zero-order valence-corrected chi connectivity index (χ0v) is 15.0. The quantitative estimate of drug-likeness (QED) is 0.688. The van der Waals surface area contributed by atoms with Gasteiger partial charge in [0.15, 0.2) is 0 Å². The molecule has 0 radical (unpaired) electrons. The molecule has 2 N–H and O–H groups in total. The second kappa shape index (κ2) is 9.08. The van der Waals surface area contributed by atoms with Crippen LogP contribution in [0.25, 0.3) is 0 Å². The van der Waals surface area contributed by atoms with E-state index in [1.807, 2.05) is 44.2 Å². The Labute approximate surface area is 144 Å². The summed E-state index contributed by atoms with van der Waals surface area (Å²) in [5.41, 5.74) is 1.81. The van der Waals surface area contributed by atoms with E-state index in [-0.39, 0.29) is 0 Å². The van der Waals surface area contributed by atoms with Crippen molar-refractivity contribution in [2.24, 2.45) is 0 Å². The second-order valence-electron chi connectivity index (χ2n) is 5.86. The van der Waals surface area contributed by atoms with E-state index >= 15 is 0 Å². The van der Waals surface area contributed by atoms with Gasteiger partial charge in [-0.3, -0.25) is 0 Å². The van der Waals surface area contributed by atoms with Crippen molar-refractivity contribution in [2.45, 2.75) is 20.3 Å². The molecule has 0 atom stereocenters. The summed E-state index contributed by atoms with van der Waals surface area (Å²) in [4.78, 5) is 11.2. The molecule has 1 aromatic heterocycles. The molecule has 0 fully saturated rings. The number of nitrogens with one attached hydrogen (secondary N) is 2. The Morgan fingerprint density at radius 2 is 1.96 bits per heavy atom. The van der Waals surface area contributed by atoms with E-state index in [4.69, 9.17) is 4.74 Å². The summed E-state index contributed by atoms with van der Waals surface area (Å²) >= 11 is 0. The molecule has 6 nitrogen and oxygen atoms in total. The summed E-state index contributed by atoms with van der Waals surface area (Å²) in [5, 5.41) is 6.61. The van der Waals surface area contributed by atoms with Crippen molar-refractivity contribution in [1.29, 1.82) is 0 Å². The number of benzene rings is 1. The van der Waals surface area contributed by atoms with Crippen LogP contribution in [0, 0.1) is 6.92 Å². The Kier molecular flexibility index (Phi) is 6.81. The molecular weight excluding hydrogens is 302 g/mol. The maximum absolute atomic E-state index is 5.65. The van der Waals surface area contributed by atoms with Gasteiger partial charge in [0.05, 0.1) is 12.3 Å². The molecule has 2 rings (SSSR count). The van der Waals surface area contributed by atoms with E-state index < -0.39 is 0 Å². The van der Waals surface area contributed by atoms with Crippen molar-refractivity contribution in [1.82, 2.24) is 14.9 Å². The molecule has 0 aliphatic rings. The highest BCUT2D eigenvalue weighted by Gasteiger charge is 2.06. The molecule has 2 aromatic rings. The summed E-state index contributed by atoms with van der Waals surface area (Å²) in [5.74, 6) is 2.21. The van der Waals surface area contributed by atoms with Crippen LogP contribution in [0.3, 0.4) is 0 Å². The fourth-order valence-electron chi connectivity index (χ4n) is 2.30. The normalized spacial score (nSPS) is 10.7. The molecule has 0 spiro atoms. The van der Waals surface area contributed by atoms with Crippen LogP contribution in [-0.2, 0) is 0 Å². The van der Waals surface area contributed by atoms with Crippen molar-refractivity contribution in [3.8, 4) is 5.75 Å². The van der Waals surface area contributed by atoms with Crippen LogP contribution < -0.4 is 15.4 Å². The number of hydrogen-bond donors (Lipinski definition) is 2. The number of aromatic nitrogens is 2. The van der Waals surface area contributed by atoms with Gasteiger partial charge >= 0.3 is 0 Å². The second-order valence-corrected chi connectivity index (χ2v) is 5.86. The molecule has 0 amide bonds. The largest absolute Gasteiger partial charge is 0.492 e. The van der Waals surface area contributed by atoms with E-state index in [9.17, 15) is 0 Å². The summed E-state index contributed by atoms with van der Waals surface area (Å²) in [7, 11) is 4.14. The third kappa shape index (κ3) is 5.70. The Morgan fingerprint density at radius 3 is 2.71 bits per heavy atom. The first-order valence-corrected chi connectivity index (χ1v) is 8.31. The van der Waals surface area contributed by atoms with E-state index in [0.717, 1.165) is 42.5 Å². The Morgan fingerprint density at radius 1 is 1.17 bits per heavy atom. The monoisotopic (exact) mass is 329 g/mol. The molecule has 0 saturated carbocycles. The highest BCUT2D eigenvalue weighted by atomic mass is 16.5. The van der Waals surface area contributed by atoms with E-state index in [1.165, 1.54) is 0 Å². The predicted molar refractivity (Wildman–Crippen MR) is 99.3 cm³/mol. The van der Waals surface area contributed by atoms with Crippen LogP contribution in [0.2, 0.25) is 0 Å². The fraction of sp³-hybridized carbons (Fsp3) is 0.444. The van der Waals surface area contributed by atoms with E-state index in [2.05, 4.69) is 39.6 Å². The molecule has 1 aromatic carbocycles. The van der Waals surface area contributed by atoms with Crippen molar-refractivity contribution in [3.63, 3.8) is 0 Å². The van der Waals surface area contributed by atoms with Crippen LogP contribution in [-0.4, -0.2) is 48.7 Å². The Bertz CT molecular complexity index is 645. The lowest BCUT2D eigenvalue weighted by atomic mass is 10.3. The van der Waals surface area contributed by atoms with Gasteiger partial charge in [0.1, 0.15) is 11.6 Å². The van der Waals surface area contributed by atoms with Gasteiger partial charge in [0.2, 0.25) is 5.95 Å². The predicted octanol–water partition coefficient (Wildman–Crippen LogP) is 3.29. The summed E-state index contributed by atoms with van der Waals surface area (Å²) in [6.45, 7) is 6.44. The fourth-order valence-corrected chi connectivity index (χ4v) is 2.30. The number of aryl methyl sites for hydroxylation is 1. The lowest BCUT2D eigenvalue weighted by Gasteiger charge is -2.13. The highest BCUT2D eigenvalue weighted by molar-refractivity contribution is 5.64. The smallest absolute Gasteiger partial charge is 0.224 e. The van der Waals surface area contributed by atoms with Gasteiger partial charge in [-0.1, -0.05) is 12.1 Å². The van der Waals surface area contributed by atoms with E-state index in [0.29, 0.717) is 12.6 Å². The number of anilines is 3. The lowest BCUT2D eigenvalue weighted by Crippen LogP contribution is -2.17. The number of ether oxygens (including phenoxy) is 1. The lowest BCUT2D eigenvalue weighted by molar-refractivity contribution is 0.342. The van der Waals surface area contributed by atoms with Crippen LogP contribution >= 0.6 is 0 Å². The summed E-state index contributed by atoms with van der Waals surface area (Å²) < 4.78 is 5.65. The maximum Gasteiger partial charge on any atom is 0.224 e. The van der Waals surface area contributed by atoms with Crippen molar-refractivity contribution in [2.75, 3.05) is 44.4 Å². The van der Waals surface area contributed by atoms with Gasteiger partial charge in [-0.2, -0.15) is 4.98 Å². The average molecular weight is 329 g/mol. The van der Waals surface area contributed by atoms with Crippen LogP contribution in [0.15, 0.2) is 30.3 Å². The zero-order chi connectivity index (χ0) is 17.4. The van der Waals surface area contributed by atoms with Crippen molar-refractivity contribution < 1.29 is 4.74 Å². The third-order valence-electron chi connectivity index (χ3n) is 3.37. The first kappa shape index (κ1) is 18.0. The maximum atomic E-state index is 5.65. The van der Waals surface area contributed by atoms with Crippen molar-refractivity contribution in [3.05, 3.63) is 36.0 Å². The SMILES string of the molecule is CCOc1ccccc1Nc1cc(C)nc(NCCCN(C)C)n1. The molecule has 24 heavy (non-hydrogen) atoms. The third-order valence-corrected chi connectivity index (χ3v) is 3.37. The van der Waals surface area contributed by atoms with Gasteiger partial charge in [-0.05, 0) is 53.0 Å². The molecule has 0 bridgehead atoms. The molecule has 6 heteroatoms. The number of rotatable bonds is 9. The molecule has 0 aliphatic heterocycles. The molecule has 0 unspecified atom stereocenters. The van der Waals surface area contributed by atoms with Crippen LogP contribution in [0.4, 0.5) is 17.5 Å². The van der Waals surface area contributed by atoms with E-state index in [1.54, 1.807) is 0 Å². The Hall–Kier alpha value is -2.34. The van der Waals surface area contributed by atoms with Gasteiger partial charge < -0.3 is 20.3 Å². The first-order valence-electron chi connectivity index (χ1n) is 8.31. The summed E-state index contributed by atoms with van der Waals surface area (Å²) in [6, 6.07) is 9.78. The molecule has 0 aliphatic carbocycles. The van der Waals surface area contributed by atoms with Gasteiger partial charge in [-0.15, -0.1) is 0 Å². The van der Waals surface area contributed by atoms with Crippen molar-refractivity contribution >= 4 is 17.5 Å².